The quantitative estimate of drug-likeness (QED) is 0.529. The van der Waals surface area contributed by atoms with Gasteiger partial charge in [-0.1, -0.05) is 0 Å². The van der Waals surface area contributed by atoms with Gasteiger partial charge in [0.25, 0.3) is 5.56 Å². The van der Waals surface area contributed by atoms with Gasteiger partial charge in [0.05, 0.1) is 26.3 Å². The number of carbonyl (C=O) groups excluding carboxylic acids is 1. The highest BCUT2D eigenvalue weighted by Gasteiger charge is 2.16. The van der Waals surface area contributed by atoms with Crippen LogP contribution in [0.4, 0.5) is 10.5 Å². The molecule has 2 aromatic carbocycles. The third kappa shape index (κ3) is 5.09. The summed E-state index contributed by atoms with van der Waals surface area (Å²) in [6.07, 6.45) is 0.402. The van der Waals surface area contributed by atoms with Crippen LogP contribution in [-0.2, 0) is 6.54 Å². The summed E-state index contributed by atoms with van der Waals surface area (Å²) in [4.78, 5) is 29.7. The zero-order valence-corrected chi connectivity index (χ0v) is 17.0. The van der Waals surface area contributed by atoms with Crippen molar-refractivity contribution in [2.45, 2.75) is 13.0 Å². The van der Waals surface area contributed by atoms with Crippen molar-refractivity contribution >= 4 is 22.6 Å². The molecule has 8 heteroatoms. The smallest absolute Gasteiger partial charge is 0.322 e. The molecular formula is C22H25N3O5. The van der Waals surface area contributed by atoms with Crippen molar-refractivity contribution in [2.75, 3.05) is 32.7 Å². The van der Waals surface area contributed by atoms with Gasteiger partial charge in [0.1, 0.15) is 11.5 Å². The molecule has 0 radical (unpaired) electrons. The highest BCUT2D eigenvalue weighted by atomic mass is 16.5. The molecule has 0 fully saturated rings. The van der Waals surface area contributed by atoms with E-state index in [0.29, 0.717) is 41.2 Å². The van der Waals surface area contributed by atoms with E-state index >= 15 is 0 Å². The number of nitrogens with zero attached hydrogens (tertiary/aromatic N) is 1. The van der Waals surface area contributed by atoms with E-state index < -0.39 is 0 Å². The van der Waals surface area contributed by atoms with Crippen LogP contribution in [0.5, 0.6) is 11.5 Å². The Kier molecular flexibility index (Phi) is 6.92. The number of nitrogens with one attached hydrogen (secondary N) is 2. The van der Waals surface area contributed by atoms with Gasteiger partial charge in [0.2, 0.25) is 0 Å². The van der Waals surface area contributed by atoms with E-state index in [1.165, 1.54) is 4.90 Å². The standard InChI is InChI=1S/C22H25N3O5/c1-29-18-8-5-17(6-9-18)23-22(28)25(10-3-11-26)14-16-12-15-4-7-19(30-2)13-20(15)24-21(16)27/h4-9,12-13,26H,3,10-11,14H2,1-2H3,(H,23,28)(H,24,27). The van der Waals surface area contributed by atoms with Crippen molar-refractivity contribution < 1.29 is 19.4 Å². The molecule has 0 bridgehead atoms. The molecule has 0 unspecified atom stereocenters. The number of aromatic nitrogens is 1. The van der Waals surface area contributed by atoms with E-state index in [4.69, 9.17) is 9.47 Å². The number of rotatable bonds is 8. The Morgan fingerprint density at radius 1 is 1.07 bits per heavy atom. The Hall–Kier alpha value is -3.52. The number of ether oxygens (including phenoxy) is 2. The number of pyridine rings is 1. The van der Waals surface area contributed by atoms with Gasteiger partial charge in [0.15, 0.2) is 0 Å². The number of methoxy groups -OCH3 is 2. The average Bonchev–Trinajstić information content (AvgIpc) is 2.76. The first-order chi connectivity index (χ1) is 14.5. The van der Waals surface area contributed by atoms with Crippen LogP contribution < -0.4 is 20.3 Å². The summed E-state index contributed by atoms with van der Waals surface area (Å²) in [6, 6.07) is 13.8. The molecule has 0 spiro atoms. The van der Waals surface area contributed by atoms with Gasteiger partial charge in [-0.2, -0.15) is 0 Å². The van der Waals surface area contributed by atoms with Crippen molar-refractivity contribution in [2.24, 2.45) is 0 Å². The second-order valence-electron chi connectivity index (χ2n) is 6.73. The number of amides is 2. The fourth-order valence-electron chi connectivity index (χ4n) is 3.07. The van der Waals surface area contributed by atoms with Gasteiger partial charge in [-0.25, -0.2) is 4.79 Å². The Bertz CT molecular complexity index is 1060. The molecule has 0 aliphatic rings. The molecule has 30 heavy (non-hydrogen) atoms. The number of benzene rings is 2. The third-order valence-corrected chi connectivity index (χ3v) is 4.71. The van der Waals surface area contributed by atoms with Gasteiger partial charge in [0, 0.05) is 30.5 Å². The first kappa shape index (κ1) is 21.2. The summed E-state index contributed by atoms with van der Waals surface area (Å²) in [5, 5.41) is 12.9. The Morgan fingerprint density at radius 2 is 1.77 bits per heavy atom. The normalized spacial score (nSPS) is 10.6. The van der Waals surface area contributed by atoms with Gasteiger partial charge in [-0.3, -0.25) is 4.79 Å². The van der Waals surface area contributed by atoms with Crippen LogP contribution in [0.2, 0.25) is 0 Å². The molecule has 8 nitrogen and oxygen atoms in total. The summed E-state index contributed by atoms with van der Waals surface area (Å²) in [5.41, 5.74) is 1.44. The molecule has 2 amide bonds. The van der Waals surface area contributed by atoms with Crippen molar-refractivity contribution in [1.82, 2.24) is 9.88 Å². The Labute approximate surface area is 174 Å². The maximum atomic E-state index is 12.8. The highest BCUT2D eigenvalue weighted by molar-refractivity contribution is 5.89. The zero-order valence-electron chi connectivity index (χ0n) is 17.0. The maximum Gasteiger partial charge on any atom is 0.322 e. The molecule has 1 aromatic heterocycles. The zero-order chi connectivity index (χ0) is 21.5. The molecule has 3 rings (SSSR count). The summed E-state index contributed by atoms with van der Waals surface area (Å²) in [6.45, 7) is 0.359. The number of hydrogen-bond donors (Lipinski definition) is 3. The van der Waals surface area contributed by atoms with E-state index in [9.17, 15) is 14.7 Å². The average molecular weight is 411 g/mol. The largest absolute Gasteiger partial charge is 0.497 e. The second-order valence-corrected chi connectivity index (χ2v) is 6.73. The van der Waals surface area contributed by atoms with Crippen LogP contribution in [0.25, 0.3) is 10.9 Å². The van der Waals surface area contributed by atoms with Crippen LogP contribution in [0.15, 0.2) is 53.3 Å². The molecule has 0 aliphatic carbocycles. The van der Waals surface area contributed by atoms with Gasteiger partial charge < -0.3 is 29.8 Å². The predicted molar refractivity (Wildman–Crippen MR) is 115 cm³/mol. The van der Waals surface area contributed by atoms with E-state index in [1.807, 2.05) is 12.1 Å². The van der Waals surface area contributed by atoms with Crippen molar-refractivity contribution in [3.63, 3.8) is 0 Å². The minimum absolute atomic E-state index is 0.0554. The second kappa shape index (κ2) is 9.80. The lowest BCUT2D eigenvalue weighted by molar-refractivity contribution is 0.199. The first-order valence-corrected chi connectivity index (χ1v) is 9.55. The lowest BCUT2D eigenvalue weighted by atomic mass is 10.1. The van der Waals surface area contributed by atoms with Gasteiger partial charge >= 0.3 is 6.03 Å². The molecule has 0 saturated heterocycles. The van der Waals surface area contributed by atoms with Crippen LogP contribution in [0, 0.1) is 0 Å². The van der Waals surface area contributed by atoms with Crippen LogP contribution >= 0.6 is 0 Å². The number of anilines is 1. The van der Waals surface area contributed by atoms with Crippen molar-refractivity contribution in [3.8, 4) is 11.5 Å². The lowest BCUT2D eigenvalue weighted by Gasteiger charge is -2.23. The number of aromatic amines is 1. The number of hydrogen-bond acceptors (Lipinski definition) is 5. The Balaban J connectivity index is 1.81. The molecule has 0 atom stereocenters. The van der Waals surface area contributed by atoms with E-state index in [1.54, 1.807) is 50.6 Å². The summed E-state index contributed by atoms with van der Waals surface area (Å²) in [5.74, 6) is 1.33. The predicted octanol–water partition coefficient (Wildman–Crippen LogP) is 2.96. The fraction of sp³-hybridized carbons (Fsp3) is 0.273. The molecule has 1 heterocycles. The minimum atomic E-state index is -0.358. The third-order valence-electron chi connectivity index (χ3n) is 4.71. The number of H-pyrrole nitrogens is 1. The summed E-state index contributed by atoms with van der Waals surface area (Å²) in [7, 11) is 3.13. The van der Waals surface area contributed by atoms with E-state index in [0.717, 1.165) is 5.39 Å². The first-order valence-electron chi connectivity index (χ1n) is 9.55. The SMILES string of the molecule is COc1ccc(NC(=O)N(CCCO)Cc2cc3ccc(OC)cc3[nH]c2=O)cc1. The maximum absolute atomic E-state index is 12.8. The monoisotopic (exact) mass is 411 g/mol. The number of fused-ring (bicyclic) bond motifs is 1. The topological polar surface area (TPSA) is 104 Å². The molecule has 158 valence electrons. The molecular weight excluding hydrogens is 386 g/mol. The highest BCUT2D eigenvalue weighted by Crippen LogP contribution is 2.20. The lowest BCUT2D eigenvalue weighted by Crippen LogP contribution is -2.37. The number of aliphatic hydroxyl groups excluding tert-OH is 1. The van der Waals surface area contributed by atoms with Gasteiger partial charge in [-0.15, -0.1) is 0 Å². The minimum Gasteiger partial charge on any atom is -0.497 e. The van der Waals surface area contributed by atoms with Crippen LogP contribution in [-0.4, -0.2) is 48.4 Å². The molecule has 0 aliphatic heterocycles. The number of carbonyl (C=O) groups is 1. The fourth-order valence-corrected chi connectivity index (χ4v) is 3.07. The van der Waals surface area contributed by atoms with Crippen LogP contribution in [0.3, 0.4) is 0 Å². The van der Waals surface area contributed by atoms with E-state index in [2.05, 4.69) is 10.3 Å². The van der Waals surface area contributed by atoms with Crippen LogP contribution in [0.1, 0.15) is 12.0 Å². The number of urea groups is 1. The molecule has 3 aromatic rings. The molecule has 0 saturated carbocycles. The van der Waals surface area contributed by atoms with E-state index in [-0.39, 0.29) is 24.7 Å². The summed E-state index contributed by atoms with van der Waals surface area (Å²) >= 11 is 0. The Morgan fingerprint density at radius 3 is 2.43 bits per heavy atom. The number of aliphatic hydroxyl groups is 1. The van der Waals surface area contributed by atoms with Crippen molar-refractivity contribution in [1.29, 1.82) is 0 Å². The van der Waals surface area contributed by atoms with Crippen molar-refractivity contribution in [3.05, 3.63) is 64.4 Å². The summed E-state index contributed by atoms with van der Waals surface area (Å²) < 4.78 is 10.3. The van der Waals surface area contributed by atoms with Gasteiger partial charge in [-0.05, 0) is 54.3 Å². The molecule has 3 N–H and O–H groups in total.